The van der Waals surface area contributed by atoms with Crippen molar-refractivity contribution in [3.05, 3.63) is 47.4 Å². The Balaban J connectivity index is 2.39. The van der Waals surface area contributed by atoms with Gasteiger partial charge in [-0.3, -0.25) is 0 Å². The fourth-order valence-electron chi connectivity index (χ4n) is 1.61. The Labute approximate surface area is 117 Å². The Bertz CT molecular complexity index is 684. The molecule has 0 saturated heterocycles. The van der Waals surface area contributed by atoms with Crippen LogP contribution in [0.25, 0.3) is 0 Å². The molecule has 110 valence electrons. The number of rotatable bonds is 3. The average molecular weight is 297 g/mol. The van der Waals surface area contributed by atoms with Gasteiger partial charge in [-0.2, -0.15) is 0 Å². The van der Waals surface area contributed by atoms with Crippen LogP contribution in [0.1, 0.15) is 10.4 Å². The quantitative estimate of drug-likeness (QED) is 0.852. The lowest BCUT2D eigenvalue weighted by Gasteiger charge is -2.10. The van der Waals surface area contributed by atoms with E-state index in [-0.39, 0.29) is 17.1 Å². The fraction of sp³-hybridized carbons (Fsp3) is 0.0769. The molecule has 8 heteroatoms. The van der Waals surface area contributed by atoms with E-state index in [0.717, 1.165) is 13.3 Å². The Morgan fingerprint density at radius 3 is 2.43 bits per heavy atom. The number of esters is 1. The molecule has 0 fully saturated rings. The zero-order valence-electron chi connectivity index (χ0n) is 10.8. The highest BCUT2D eigenvalue weighted by Crippen LogP contribution is 2.25. The molecule has 21 heavy (non-hydrogen) atoms. The second kappa shape index (κ2) is 5.70. The summed E-state index contributed by atoms with van der Waals surface area (Å²) in [6, 6.07) is 2.21. The van der Waals surface area contributed by atoms with Crippen molar-refractivity contribution in [2.24, 2.45) is 0 Å². The molecule has 2 rings (SSSR count). The van der Waals surface area contributed by atoms with Crippen molar-refractivity contribution in [1.29, 1.82) is 0 Å². The number of hydrogen-bond acceptors (Lipinski definition) is 5. The lowest BCUT2D eigenvalue weighted by atomic mass is 10.2. The Morgan fingerprint density at radius 2 is 1.86 bits per heavy atom. The number of carbonyl (C=O) groups excluding carboxylic acids is 1. The van der Waals surface area contributed by atoms with E-state index in [1.54, 1.807) is 0 Å². The maximum Gasteiger partial charge on any atom is 0.340 e. The summed E-state index contributed by atoms with van der Waals surface area (Å²) >= 11 is 0. The van der Waals surface area contributed by atoms with Crippen molar-refractivity contribution in [2.45, 2.75) is 0 Å². The monoisotopic (exact) mass is 297 g/mol. The molecule has 0 spiro atoms. The van der Waals surface area contributed by atoms with Crippen LogP contribution in [0.5, 0.6) is 0 Å². The highest BCUT2D eigenvalue weighted by Gasteiger charge is 2.15. The number of benzene rings is 1. The summed E-state index contributed by atoms with van der Waals surface area (Å²) in [7, 11) is 1.16. The van der Waals surface area contributed by atoms with Gasteiger partial charge in [-0.1, -0.05) is 0 Å². The summed E-state index contributed by atoms with van der Waals surface area (Å²) in [5.41, 5.74) is 4.99. The summed E-state index contributed by atoms with van der Waals surface area (Å²) in [6.45, 7) is 0. The molecule has 0 aliphatic heterocycles. The molecule has 0 saturated carbocycles. The molecule has 1 aromatic carbocycles. The molecule has 3 N–H and O–H groups in total. The number of ether oxygens (including phenoxy) is 1. The van der Waals surface area contributed by atoms with Crippen LogP contribution in [0.4, 0.5) is 30.4 Å². The van der Waals surface area contributed by atoms with Gasteiger partial charge in [-0.15, -0.1) is 0 Å². The zero-order chi connectivity index (χ0) is 15.6. The van der Waals surface area contributed by atoms with Gasteiger partial charge in [0.15, 0.2) is 11.6 Å². The van der Waals surface area contributed by atoms with Crippen molar-refractivity contribution in [2.75, 3.05) is 18.2 Å². The summed E-state index contributed by atoms with van der Waals surface area (Å²) in [4.78, 5) is 15.2. The van der Waals surface area contributed by atoms with Crippen LogP contribution >= 0.6 is 0 Å². The number of aromatic nitrogens is 1. The third kappa shape index (κ3) is 3.04. The second-order valence-corrected chi connectivity index (χ2v) is 4.02. The molecular formula is C13H10F3N3O2. The van der Waals surface area contributed by atoms with Gasteiger partial charge in [-0.25, -0.2) is 22.9 Å². The van der Waals surface area contributed by atoms with E-state index in [0.29, 0.717) is 12.1 Å². The number of hydrogen-bond donors (Lipinski definition) is 2. The minimum atomic E-state index is -1.13. The fourth-order valence-corrected chi connectivity index (χ4v) is 1.61. The SMILES string of the molecule is COC(=O)c1cc(Nc2c(F)cc(F)cc2F)ncc1N. The van der Waals surface area contributed by atoms with Crippen LogP contribution < -0.4 is 11.1 Å². The smallest absolute Gasteiger partial charge is 0.340 e. The van der Waals surface area contributed by atoms with E-state index in [1.165, 1.54) is 6.07 Å². The van der Waals surface area contributed by atoms with Gasteiger partial charge in [0.1, 0.15) is 17.3 Å². The minimum Gasteiger partial charge on any atom is -0.465 e. The number of methoxy groups -OCH3 is 1. The Kier molecular flexibility index (Phi) is 3.97. The topological polar surface area (TPSA) is 77.2 Å². The highest BCUT2D eigenvalue weighted by atomic mass is 19.1. The van der Waals surface area contributed by atoms with Gasteiger partial charge in [0.25, 0.3) is 0 Å². The standard InChI is InChI=1S/C13H10F3N3O2/c1-21-13(20)7-4-11(18-5-10(7)17)19-12-8(15)2-6(14)3-9(12)16/h2-5H,17H2,1H3,(H,18,19). The van der Waals surface area contributed by atoms with Crippen LogP contribution in [0, 0.1) is 17.5 Å². The molecular weight excluding hydrogens is 287 g/mol. The van der Waals surface area contributed by atoms with E-state index in [4.69, 9.17) is 5.73 Å². The van der Waals surface area contributed by atoms with Gasteiger partial charge >= 0.3 is 5.97 Å². The molecule has 0 aliphatic rings. The molecule has 1 aromatic heterocycles. The van der Waals surface area contributed by atoms with Crippen molar-refractivity contribution in [3.8, 4) is 0 Å². The lowest BCUT2D eigenvalue weighted by Crippen LogP contribution is -2.08. The number of carbonyl (C=O) groups is 1. The van der Waals surface area contributed by atoms with Crippen molar-refractivity contribution in [3.63, 3.8) is 0 Å². The van der Waals surface area contributed by atoms with Crippen molar-refractivity contribution < 1.29 is 22.7 Å². The molecule has 0 radical (unpaired) electrons. The molecule has 0 aliphatic carbocycles. The molecule has 0 atom stereocenters. The number of nitrogen functional groups attached to an aromatic ring is 1. The second-order valence-electron chi connectivity index (χ2n) is 4.02. The van der Waals surface area contributed by atoms with Crippen molar-refractivity contribution in [1.82, 2.24) is 4.98 Å². The first-order valence-corrected chi connectivity index (χ1v) is 5.67. The van der Waals surface area contributed by atoms with Gasteiger partial charge in [-0.05, 0) is 6.07 Å². The van der Waals surface area contributed by atoms with Gasteiger partial charge < -0.3 is 15.8 Å². The van der Waals surface area contributed by atoms with E-state index in [1.807, 2.05) is 0 Å². The summed E-state index contributed by atoms with van der Waals surface area (Å²) < 4.78 is 44.4. The third-order valence-electron chi connectivity index (χ3n) is 2.60. The molecule has 1 heterocycles. The number of nitrogens with two attached hydrogens (primary N) is 1. The molecule has 0 bridgehead atoms. The predicted molar refractivity (Wildman–Crippen MR) is 69.6 cm³/mol. The van der Waals surface area contributed by atoms with Crippen molar-refractivity contribution >= 4 is 23.2 Å². The highest BCUT2D eigenvalue weighted by molar-refractivity contribution is 5.95. The third-order valence-corrected chi connectivity index (χ3v) is 2.60. The van der Waals surface area contributed by atoms with E-state index in [2.05, 4.69) is 15.0 Å². The number of anilines is 3. The number of nitrogens with one attached hydrogen (secondary N) is 1. The summed E-state index contributed by atoms with van der Waals surface area (Å²) in [5.74, 6) is -4.08. The Hall–Kier alpha value is -2.77. The number of halogens is 3. The van der Waals surface area contributed by atoms with Crippen LogP contribution in [0.2, 0.25) is 0 Å². The zero-order valence-corrected chi connectivity index (χ0v) is 10.8. The maximum absolute atomic E-state index is 13.5. The van der Waals surface area contributed by atoms with E-state index in [9.17, 15) is 18.0 Å². The molecule has 5 nitrogen and oxygen atoms in total. The first-order valence-electron chi connectivity index (χ1n) is 5.67. The van der Waals surface area contributed by atoms with Crippen LogP contribution in [-0.4, -0.2) is 18.1 Å². The van der Waals surface area contributed by atoms with E-state index >= 15 is 0 Å². The normalized spacial score (nSPS) is 10.3. The summed E-state index contributed by atoms with van der Waals surface area (Å²) in [5, 5.41) is 2.32. The van der Waals surface area contributed by atoms with E-state index < -0.39 is 29.1 Å². The van der Waals surface area contributed by atoms with Gasteiger partial charge in [0.05, 0.1) is 24.6 Å². The van der Waals surface area contributed by atoms with Gasteiger partial charge in [0.2, 0.25) is 0 Å². The first kappa shape index (κ1) is 14.6. The number of pyridine rings is 1. The number of nitrogens with zero attached hydrogens (tertiary/aromatic N) is 1. The minimum absolute atomic E-state index is 0.0158. The van der Waals surface area contributed by atoms with Crippen LogP contribution in [0.3, 0.4) is 0 Å². The summed E-state index contributed by atoms with van der Waals surface area (Å²) in [6.07, 6.45) is 1.13. The van der Waals surface area contributed by atoms with Gasteiger partial charge in [0, 0.05) is 12.1 Å². The molecule has 2 aromatic rings. The van der Waals surface area contributed by atoms with Crippen LogP contribution in [0.15, 0.2) is 24.4 Å². The average Bonchev–Trinajstić information content (AvgIpc) is 2.43. The largest absolute Gasteiger partial charge is 0.465 e. The Morgan fingerprint density at radius 1 is 1.24 bits per heavy atom. The van der Waals surface area contributed by atoms with Crippen LogP contribution in [-0.2, 0) is 4.74 Å². The maximum atomic E-state index is 13.5. The lowest BCUT2D eigenvalue weighted by molar-refractivity contribution is 0.0602. The first-order chi connectivity index (χ1) is 9.92. The molecule has 0 unspecified atom stereocenters. The molecule has 0 amide bonds. The predicted octanol–water partition coefficient (Wildman–Crippen LogP) is 2.61.